The number of nitrogens with one attached hydrogen (secondary N) is 1. The van der Waals surface area contributed by atoms with Crippen LogP contribution in [0.25, 0.3) is 0 Å². The van der Waals surface area contributed by atoms with Crippen molar-refractivity contribution in [2.75, 3.05) is 6.61 Å². The molecule has 1 saturated heterocycles. The average molecular weight is 565 g/mol. The highest BCUT2D eigenvalue weighted by molar-refractivity contribution is 7.49. The molecule has 16 nitrogen and oxygen atoms in total. The zero-order valence-corrected chi connectivity index (χ0v) is 21.8. The van der Waals surface area contributed by atoms with Gasteiger partial charge in [0.15, 0.2) is 18.4 Å². The van der Waals surface area contributed by atoms with Gasteiger partial charge in [0, 0.05) is 0 Å². The van der Waals surface area contributed by atoms with Crippen LogP contribution in [0.2, 0.25) is 0 Å². The van der Waals surface area contributed by atoms with Crippen LogP contribution in [0.1, 0.15) is 27.0 Å². The zero-order chi connectivity index (χ0) is 28.8. The number of phosphoric ester groups is 1. The number of carbonyl (C=O) groups is 1. The van der Waals surface area contributed by atoms with E-state index in [9.17, 15) is 28.8 Å². The van der Waals surface area contributed by atoms with Gasteiger partial charge in [0.25, 0.3) is 5.56 Å². The Balaban J connectivity index is 1.92. The number of aromatic amines is 1. The normalized spacial score (nSPS) is 24.7. The zero-order valence-electron chi connectivity index (χ0n) is 20.9. The number of nitrogens with zero attached hydrogens (tertiary/aromatic N) is 4. The first-order valence-electron chi connectivity index (χ1n) is 11.3. The summed E-state index contributed by atoms with van der Waals surface area (Å²) in [7, 11) is -4.67. The molecule has 39 heavy (non-hydrogen) atoms. The van der Waals surface area contributed by atoms with E-state index in [0.29, 0.717) is 10.9 Å². The predicted octanol–water partition coefficient (Wildman–Crippen LogP) is 1.66. The fraction of sp³-hybridized carbons (Fsp3) is 0.455. The highest BCUT2D eigenvalue weighted by Gasteiger charge is 2.61. The van der Waals surface area contributed by atoms with Crippen molar-refractivity contribution in [3.8, 4) is 18.1 Å². The molecule has 17 heteroatoms. The van der Waals surface area contributed by atoms with Crippen molar-refractivity contribution in [3.05, 3.63) is 67.2 Å². The average Bonchev–Trinajstić information content (AvgIpc) is 3.21. The summed E-state index contributed by atoms with van der Waals surface area (Å²) in [4.78, 5) is 61.6. The highest BCUT2D eigenvalue weighted by atomic mass is 31.2. The lowest BCUT2D eigenvalue weighted by Gasteiger charge is -2.24. The molecule has 1 unspecified atom stereocenters. The molecule has 1 aliphatic heterocycles. The number of benzene rings is 1. The van der Waals surface area contributed by atoms with Gasteiger partial charge >= 0.3 is 19.5 Å². The van der Waals surface area contributed by atoms with Crippen molar-refractivity contribution < 1.29 is 32.4 Å². The largest absolute Gasteiger partial charge is 0.530 e. The Labute approximate surface area is 220 Å². The molecule has 1 aromatic heterocycles. The number of aromatic nitrogens is 3. The Kier molecular flexibility index (Phi) is 9.25. The lowest BCUT2D eigenvalue weighted by atomic mass is 9.90. The van der Waals surface area contributed by atoms with E-state index in [4.69, 9.17) is 29.5 Å². The Morgan fingerprint density at radius 1 is 1.28 bits per heavy atom. The molecule has 0 bridgehead atoms. The Hall–Kier alpha value is -4.03. The van der Waals surface area contributed by atoms with Crippen LogP contribution in [0, 0.1) is 22.2 Å². The van der Waals surface area contributed by atoms with E-state index in [0.717, 1.165) is 0 Å². The lowest BCUT2D eigenvalue weighted by Crippen LogP contribution is -2.46. The van der Waals surface area contributed by atoms with E-state index in [1.54, 1.807) is 32.0 Å². The Morgan fingerprint density at radius 3 is 2.54 bits per heavy atom. The third-order valence-corrected chi connectivity index (χ3v) is 6.74. The minimum atomic E-state index is -4.67. The molecule has 1 aromatic carbocycles. The van der Waals surface area contributed by atoms with Crippen LogP contribution in [0.15, 0.2) is 56.5 Å². The third kappa shape index (κ3) is 6.52. The fourth-order valence-corrected chi connectivity index (χ4v) is 4.86. The summed E-state index contributed by atoms with van der Waals surface area (Å²) < 4.78 is 40.9. The number of hydrogen-bond donors (Lipinski definition) is 1. The number of rotatable bonds is 12. The van der Waals surface area contributed by atoms with E-state index in [-0.39, 0.29) is 5.75 Å². The molecule has 2 aromatic rings. The number of terminal acetylenes is 1. The van der Waals surface area contributed by atoms with Crippen molar-refractivity contribution in [1.29, 1.82) is 0 Å². The van der Waals surface area contributed by atoms with Crippen LogP contribution in [0.5, 0.6) is 5.75 Å². The maximum Gasteiger partial charge on any atom is 0.530 e. The van der Waals surface area contributed by atoms with Crippen molar-refractivity contribution in [1.82, 2.24) is 14.8 Å². The van der Waals surface area contributed by atoms with Gasteiger partial charge in [-0.3, -0.25) is 18.8 Å². The topological polar surface area (TPSA) is 207 Å². The first-order chi connectivity index (χ1) is 18.5. The van der Waals surface area contributed by atoms with E-state index in [1.807, 2.05) is 10.9 Å². The number of para-hydroxylation sites is 1. The summed E-state index contributed by atoms with van der Waals surface area (Å²) in [5.41, 5.74) is -4.39. The summed E-state index contributed by atoms with van der Waals surface area (Å²) in [6.45, 7) is 3.65. The first-order valence-corrected chi connectivity index (χ1v) is 12.8. The molecule has 6 atom stereocenters. The van der Waals surface area contributed by atoms with Crippen molar-refractivity contribution >= 4 is 13.8 Å². The number of esters is 1. The quantitative estimate of drug-likeness (QED) is 0.169. The smallest absolute Gasteiger partial charge is 0.461 e. The van der Waals surface area contributed by atoms with Gasteiger partial charge in [-0.25, -0.2) is 14.2 Å². The van der Waals surface area contributed by atoms with Gasteiger partial charge in [0.1, 0.15) is 18.1 Å². The second-order valence-electron chi connectivity index (χ2n) is 8.40. The van der Waals surface area contributed by atoms with Crippen molar-refractivity contribution in [2.24, 2.45) is 10.4 Å². The van der Waals surface area contributed by atoms with E-state index >= 15 is 0 Å². The van der Waals surface area contributed by atoms with Crippen LogP contribution in [0.3, 0.4) is 0 Å². The van der Waals surface area contributed by atoms with Gasteiger partial charge in [0.05, 0.1) is 12.7 Å². The summed E-state index contributed by atoms with van der Waals surface area (Å²) >= 11 is 0. The number of phosphoric acid groups is 1. The molecule has 1 aliphatic rings. The van der Waals surface area contributed by atoms with E-state index in [2.05, 4.69) is 15.5 Å². The Morgan fingerprint density at radius 2 is 1.97 bits per heavy atom. The number of hydrogen-bond acceptors (Lipinski definition) is 14. The molecule has 0 aliphatic carbocycles. The first kappa shape index (κ1) is 29.5. The van der Waals surface area contributed by atoms with Gasteiger partial charge in [-0.1, -0.05) is 29.3 Å². The number of carbonyl (C=O) groups excluding carboxylic acids is 1. The van der Waals surface area contributed by atoms with E-state index < -0.39 is 67.8 Å². The maximum absolute atomic E-state index is 13.6. The van der Waals surface area contributed by atoms with Gasteiger partial charge in [-0.2, -0.15) is 14.7 Å². The molecule has 0 amide bonds. The van der Waals surface area contributed by atoms with Crippen LogP contribution in [0.4, 0.5) is 0 Å². The monoisotopic (exact) mass is 565 g/mol. The van der Waals surface area contributed by atoms with Crippen molar-refractivity contribution in [3.63, 3.8) is 0 Å². The second kappa shape index (κ2) is 12.2. The third-order valence-electron chi connectivity index (χ3n) is 5.27. The van der Waals surface area contributed by atoms with Gasteiger partial charge in [-0.05, 0) is 38.1 Å². The number of ether oxygens (including phenoxy) is 2. The molecule has 2 heterocycles. The SMILES string of the molecule is C#C[C@@]1(N=O)C(N=O)[C@@H](CO[P@](=O)(Oc2ccccc2)O[C@@H](C)C(=O)OC(C)C)O[C@H]1n1ncc(=O)[nH]c1=O. The molecular weight excluding hydrogens is 541 g/mol. The molecule has 3 rings (SSSR count). The van der Waals surface area contributed by atoms with Gasteiger partial charge < -0.3 is 14.0 Å². The fourth-order valence-electron chi connectivity index (χ4n) is 3.53. The van der Waals surface area contributed by atoms with Crippen molar-refractivity contribution in [2.45, 2.75) is 56.9 Å². The predicted molar refractivity (Wildman–Crippen MR) is 132 cm³/mol. The van der Waals surface area contributed by atoms with Crippen LogP contribution < -0.4 is 15.8 Å². The summed E-state index contributed by atoms with van der Waals surface area (Å²) in [6, 6.07) is 5.88. The summed E-state index contributed by atoms with van der Waals surface area (Å²) in [5.74, 6) is 1.19. The molecule has 208 valence electrons. The van der Waals surface area contributed by atoms with Crippen LogP contribution in [-0.2, 0) is 27.9 Å². The van der Waals surface area contributed by atoms with E-state index in [1.165, 1.54) is 19.1 Å². The number of nitroso groups, excluding NO2 is 2. The second-order valence-corrected chi connectivity index (χ2v) is 9.95. The lowest BCUT2D eigenvalue weighted by molar-refractivity contribution is -0.155. The Bertz CT molecular complexity index is 1410. The van der Waals surface area contributed by atoms with Gasteiger partial charge in [0.2, 0.25) is 5.54 Å². The minimum Gasteiger partial charge on any atom is -0.461 e. The minimum absolute atomic E-state index is 0.0389. The number of H-pyrrole nitrogens is 1. The summed E-state index contributed by atoms with van der Waals surface area (Å²) in [6.07, 6.45) is 0.929. The highest BCUT2D eigenvalue weighted by Crippen LogP contribution is 2.52. The molecule has 0 radical (unpaired) electrons. The van der Waals surface area contributed by atoms with Crippen LogP contribution in [-0.4, -0.2) is 57.2 Å². The molecular formula is C22H24N5O11P. The maximum atomic E-state index is 13.6. The van der Waals surface area contributed by atoms with Crippen LogP contribution >= 0.6 is 7.82 Å². The molecule has 1 N–H and O–H groups in total. The summed E-state index contributed by atoms with van der Waals surface area (Å²) in [5, 5.41) is 9.27. The molecule has 1 fully saturated rings. The standard InChI is InChI=1S/C22H24N5O11P/c1-5-22(26-32)18(25-31)16(36-20(22)27-21(30)24-17(28)11-23-27)12-34-39(33,38-15-9-7-6-8-10-15)37-14(4)19(29)35-13(2)3/h1,6-11,13-14,16,18,20H,12H2,2-4H3,(H,24,28,30)/t14-,16+,18?,20+,22+,39-/m0/s1. The molecule has 0 saturated carbocycles. The van der Waals surface area contributed by atoms with Gasteiger partial charge in [-0.15, -0.1) is 11.3 Å². The molecule has 0 spiro atoms.